The van der Waals surface area contributed by atoms with Crippen molar-refractivity contribution < 1.29 is 14.3 Å². The molecule has 0 aliphatic heterocycles. The minimum Gasteiger partial charge on any atom is -0.353 e. The van der Waals surface area contributed by atoms with E-state index in [2.05, 4.69) is 39.1 Å². The predicted octanol–water partition coefficient (Wildman–Crippen LogP) is 7.03. The maximum Gasteiger partial charge on any atom is 0.154 e. The molecule has 1 aromatic rings. The molecule has 1 unspecified atom stereocenters. The van der Waals surface area contributed by atoms with E-state index in [1.807, 2.05) is 32.9 Å². The summed E-state index contributed by atoms with van der Waals surface area (Å²) >= 11 is 0. The molecule has 1 fully saturated rings. The van der Waals surface area contributed by atoms with Crippen LogP contribution < -0.4 is 0 Å². The summed E-state index contributed by atoms with van der Waals surface area (Å²) < 4.78 is 10.1. The van der Waals surface area contributed by atoms with Crippen LogP contribution >= 0.6 is 0 Å². The molecule has 0 radical (unpaired) electrons. The minimum absolute atomic E-state index is 0.0370. The van der Waals surface area contributed by atoms with Crippen LogP contribution in [0.5, 0.6) is 0 Å². The highest BCUT2D eigenvalue weighted by atomic mass is 16.7. The first kappa shape index (κ1) is 26.6. The summed E-state index contributed by atoms with van der Waals surface area (Å²) in [5, 5.41) is 0. The second kappa shape index (κ2) is 16.5. The number of benzene rings is 1. The standard InChI is InChI=1S/C17H24O.C6H14O2.C2H4/c1-3-14-7-9-16(10-8-14)13(2)17-6-4-5-15(11-17)12-18;1-4-7-6(3)8-5-2;1-2/h4-6,11-14,16H,3,7-10H2,1-2H3;6H,4-5H2,1-3H3;1-2H2. The van der Waals surface area contributed by atoms with Crippen LogP contribution in [-0.4, -0.2) is 25.8 Å². The molecule has 0 heterocycles. The van der Waals surface area contributed by atoms with E-state index in [1.165, 1.54) is 37.7 Å². The first-order valence-corrected chi connectivity index (χ1v) is 10.8. The Hall–Kier alpha value is -1.45. The number of carbonyl (C=O) groups excluding carboxylic acids is 1. The molecule has 1 atom stereocenters. The van der Waals surface area contributed by atoms with Gasteiger partial charge < -0.3 is 9.47 Å². The van der Waals surface area contributed by atoms with Gasteiger partial charge in [-0.15, -0.1) is 13.2 Å². The second-order valence-electron chi connectivity index (χ2n) is 7.24. The van der Waals surface area contributed by atoms with Gasteiger partial charge in [-0.25, -0.2) is 0 Å². The van der Waals surface area contributed by atoms with E-state index in [1.54, 1.807) is 0 Å². The zero-order valence-corrected chi connectivity index (χ0v) is 18.8. The number of rotatable bonds is 8. The Balaban J connectivity index is 0.000000618. The summed E-state index contributed by atoms with van der Waals surface area (Å²) in [6.45, 7) is 17.9. The molecule has 0 bridgehead atoms. The highest BCUT2D eigenvalue weighted by molar-refractivity contribution is 5.75. The summed E-state index contributed by atoms with van der Waals surface area (Å²) in [6.07, 6.45) is 7.73. The van der Waals surface area contributed by atoms with Gasteiger partial charge >= 0.3 is 0 Å². The summed E-state index contributed by atoms with van der Waals surface area (Å²) in [5.41, 5.74) is 2.14. The molecule has 0 N–H and O–H groups in total. The molecule has 0 spiro atoms. The molecule has 0 amide bonds. The van der Waals surface area contributed by atoms with Crippen molar-refractivity contribution in [2.24, 2.45) is 11.8 Å². The summed E-state index contributed by atoms with van der Waals surface area (Å²) in [5.74, 6) is 2.34. The molecular formula is C25H42O3. The zero-order valence-electron chi connectivity index (χ0n) is 18.8. The Labute approximate surface area is 173 Å². The van der Waals surface area contributed by atoms with Gasteiger partial charge in [0.2, 0.25) is 0 Å². The molecule has 1 aromatic carbocycles. The van der Waals surface area contributed by atoms with Gasteiger partial charge in [0.25, 0.3) is 0 Å². The van der Waals surface area contributed by atoms with Gasteiger partial charge in [0.05, 0.1) is 0 Å². The van der Waals surface area contributed by atoms with E-state index in [-0.39, 0.29) is 6.29 Å². The van der Waals surface area contributed by atoms with Crippen molar-refractivity contribution in [3.63, 3.8) is 0 Å². The van der Waals surface area contributed by atoms with Gasteiger partial charge in [0.1, 0.15) is 6.29 Å². The SMILES string of the molecule is C=C.CCC1CCC(C(C)c2cccc(C=O)c2)CC1.CCOC(C)OCC. The first-order chi connectivity index (χ1) is 13.5. The van der Waals surface area contributed by atoms with Crippen LogP contribution in [0.4, 0.5) is 0 Å². The Morgan fingerprint density at radius 1 is 1.04 bits per heavy atom. The number of carbonyl (C=O) groups is 1. The molecule has 0 saturated heterocycles. The number of hydrogen-bond donors (Lipinski definition) is 0. The molecular weight excluding hydrogens is 348 g/mol. The van der Waals surface area contributed by atoms with Crippen molar-refractivity contribution in [3.05, 3.63) is 48.6 Å². The minimum atomic E-state index is -0.0370. The largest absolute Gasteiger partial charge is 0.353 e. The Kier molecular flexibility index (Phi) is 15.6. The van der Waals surface area contributed by atoms with Crippen molar-refractivity contribution >= 4 is 6.29 Å². The van der Waals surface area contributed by atoms with Crippen LogP contribution in [0.3, 0.4) is 0 Å². The Bertz CT molecular complexity index is 500. The highest BCUT2D eigenvalue weighted by Crippen LogP contribution is 2.38. The molecule has 0 aromatic heterocycles. The van der Waals surface area contributed by atoms with Crippen LogP contribution in [0.1, 0.15) is 88.6 Å². The van der Waals surface area contributed by atoms with E-state index >= 15 is 0 Å². The lowest BCUT2D eigenvalue weighted by molar-refractivity contribution is -0.123. The van der Waals surface area contributed by atoms with E-state index in [4.69, 9.17) is 9.47 Å². The quantitative estimate of drug-likeness (QED) is 0.271. The summed E-state index contributed by atoms with van der Waals surface area (Å²) in [4.78, 5) is 10.8. The van der Waals surface area contributed by atoms with Crippen molar-refractivity contribution in [1.29, 1.82) is 0 Å². The average Bonchev–Trinajstić information content (AvgIpc) is 2.75. The topological polar surface area (TPSA) is 35.5 Å². The fourth-order valence-corrected chi connectivity index (χ4v) is 3.80. The van der Waals surface area contributed by atoms with E-state index in [0.717, 1.165) is 36.9 Å². The molecule has 1 aliphatic carbocycles. The van der Waals surface area contributed by atoms with Gasteiger partial charge in [-0.05, 0) is 63.0 Å². The smallest absolute Gasteiger partial charge is 0.154 e. The van der Waals surface area contributed by atoms with Crippen LogP contribution in [0.25, 0.3) is 0 Å². The molecule has 3 heteroatoms. The van der Waals surface area contributed by atoms with E-state index < -0.39 is 0 Å². The van der Waals surface area contributed by atoms with E-state index in [9.17, 15) is 4.79 Å². The number of ether oxygens (including phenoxy) is 2. The third-order valence-corrected chi connectivity index (χ3v) is 5.55. The van der Waals surface area contributed by atoms with Crippen LogP contribution in [0.15, 0.2) is 37.4 Å². The Morgan fingerprint density at radius 2 is 1.61 bits per heavy atom. The predicted molar refractivity (Wildman–Crippen MR) is 120 cm³/mol. The number of aldehydes is 1. The normalized spacial score (nSPS) is 19.6. The lowest BCUT2D eigenvalue weighted by atomic mass is 9.73. The Morgan fingerprint density at radius 3 is 2.07 bits per heavy atom. The molecule has 2 rings (SSSR count). The first-order valence-electron chi connectivity index (χ1n) is 10.8. The highest BCUT2D eigenvalue weighted by Gasteiger charge is 2.25. The van der Waals surface area contributed by atoms with Crippen molar-refractivity contribution in [3.8, 4) is 0 Å². The van der Waals surface area contributed by atoms with Gasteiger partial charge in [0.15, 0.2) is 6.29 Å². The van der Waals surface area contributed by atoms with Gasteiger partial charge in [-0.1, -0.05) is 51.3 Å². The third kappa shape index (κ3) is 10.2. The fourth-order valence-electron chi connectivity index (χ4n) is 3.80. The zero-order chi connectivity index (χ0) is 21.4. The number of hydrogen-bond acceptors (Lipinski definition) is 3. The monoisotopic (exact) mass is 390 g/mol. The molecule has 160 valence electrons. The van der Waals surface area contributed by atoms with Crippen molar-refractivity contribution in [2.75, 3.05) is 13.2 Å². The maximum atomic E-state index is 10.8. The molecule has 28 heavy (non-hydrogen) atoms. The second-order valence-corrected chi connectivity index (χ2v) is 7.24. The summed E-state index contributed by atoms with van der Waals surface area (Å²) in [7, 11) is 0. The van der Waals surface area contributed by atoms with Gasteiger partial charge in [-0.2, -0.15) is 0 Å². The fraction of sp³-hybridized carbons (Fsp3) is 0.640. The van der Waals surface area contributed by atoms with Crippen molar-refractivity contribution in [1.82, 2.24) is 0 Å². The lowest BCUT2D eigenvalue weighted by Crippen LogP contribution is -2.18. The van der Waals surface area contributed by atoms with Crippen LogP contribution in [0.2, 0.25) is 0 Å². The third-order valence-electron chi connectivity index (χ3n) is 5.55. The van der Waals surface area contributed by atoms with Crippen molar-refractivity contribution in [2.45, 2.75) is 78.9 Å². The molecule has 3 nitrogen and oxygen atoms in total. The average molecular weight is 391 g/mol. The van der Waals surface area contributed by atoms with Crippen LogP contribution in [-0.2, 0) is 9.47 Å². The van der Waals surface area contributed by atoms with Crippen LogP contribution in [0, 0.1) is 11.8 Å². The lowest BCUT2D eigenvalue weighted by Gasteiger charge is -2.32. The molecule has 1 saturated carbocycles. The van der Waals surface area contributed by atoms with Gasteiger partial charge in [0, 0.05) is 18.8 Å². The maximum absolute atomic E-state index is 10.8. The van der Waals surface area contributed by atoms with Gasteiger partial charge in [-0.3, -0.25) is 4.79 Å². The summed E-state index contributed by atoms with van der Waals surface area (Å²) in [6, 6.07) is 8.12. The van der Waals surface area contributed by atoms with E-state index in [0.29, 0.717) is 5.92 Å². The molecule has 1 aliphatic rings.